The van der Waals surface area contributed by atoms with Gasteiger partial charge in [0.15, 0.2) is 0 Å². The maximum absolute atomic E-state index is 5.52. The molecule has 0 bridgehead atoms. The van der Waals surface area contributed by atoms with Gasteiger partial charge in [0, 0.05) is 0 Å². The van der Waals surface area contributed by atoms with E-state index in [4.69, 9.17) is 4.74 Å². The summed E-state index contributed by atoms with van der Waals surface area (Å²) in [6.07, 6.45) is 14.4. The fourth-order valence-electron chi connectivity index (χ4n) is 1.72. The average Bonchev–Trinajstić information content (AvgIpc) is 2.34. The van der Waals surface area contributed by atoms with Crippen molar-refractivity contribution in [1.82, 2.24) is 0 Å². The van der Waals surface area contributed by atoms with Crippen LogP contribution in [0, 0.1) is 0 Å². The van der Waals surface area contributed by atoms with Crippen molar-refractivity contribution in [3.8, 4) is 0 Å². The fourth-order valence-corrected chi connectivity index (χ4v) is 1.72. The minimum absolute atomic E-state index is 0. The Labute approximate surface area is 127 Å². The van der Waals surface area contributed by atoms with E-state index in [2.05, 4.69) is 20.1 Å². The van der Waals surface area contributed by atoms with Crippen LogP contribution in [0.5, 0.6) is 0 Å². The minimum atomic E-state index is 0. The molecule has 0 aromatic carbocycles. The molecule has 0 saturated carbocycles. The van der Waals surface area contributed by atoms with Crippen LogP contribution in [-0.2, 0) is 4.74 Å². The molecule has 2 heteroatoms. The predicted octanol–water partition coefficient (Wildman–Crippen LogP) is 5.90. The third-order valence-corrected chi connectivity index (χ3v) is 2.84. The van der Waals surface area contributed by atoms with Gasteiger partial charge in [-0.05, 0) is 19.4 Å². The largest absolute Gasteiger partial charge is 0.494 e. The van der Waals surface area contributed by atoms with Crippen molar-refractivity contribution in [3.63, 3.8) is 0 Å². The lowest BCUT2D eigenvalue weighted by Gasteiger charge is -2.05. The molecule has 0 aliphatic heterocycles. The van der Waals surface area contributed by atoms with Crippen LogP contribution in [0.1, 0.15) is 65.2 Å². The summed E-state index contributed by atoms with van der Waals surface area (Å²) in [7, 11) is 0. The molecule has 0 fully saturated rings. The Bertz CT molecular complexity index is 256. The normalized spacial score (nSPS) is 10.2. The van der Waals surface area contributed by atoms with E-state index < -0.39 is 0 Å². The highest BCUT2D eigenvalue weighted by atomic mass is 32.1. The van der Waals surface area contributed by atoms with Gasteiger partial charge >= 0.3 is 0 Å². The second-order valence-corrected chi connectivity index (χ2v) is 4.97. The molecule has 0 atom stereocenters. The molecule has 0 saturated heterocycles. The van der Waals surface area contributed by atoms with E-state index >= 15 is 0 Å². The number of hydrogen-bond donors (Lipinski definition) is 0. The molecule has 0 aromatic rings. The third kappa shape index (κ3) is 17.4. The SMILES string of the molecule is C=C(C)/C=C\C(=C)OCCCCCCCCCC.S. The first kappa shape index (κ1) is 20.7. The number of rotatable bonds is 12. The second kappa shape index (κ2) is 15.4. The van der Waals surface area contributed by atoms with E-state index in [1.54, 1.807) is 0 Å². The van der Waals surface area contributed by atoms with Gasteiger partial charge < -0.3 is 4.74 Å². The third-order valence-electron chi connectivity index (χ3n) is 2.84. The molecule has 0 unspecified atom stereocenters. The maximum Gasteiger partial charge on any atom is 0.112 e. The smallest absolute Gasteiger partial charge is 0.112 e. The zero-order chi connectivity index (χ0) is 13.6. The van der Waals surface area contributed by atoms with Crippen LogP contribution in [0.25, 0.3) is 0 Å². The Morgan fingerprint density at radius 3 is 1.95 bits per heavy atom. The first-order chi connectivity index (χ1) is 8.66. The summed E-state index contributed by atoms with van der Waals surface area (Å²) >= 11 is 0. The van der Waals surface area contributed by atoms with Crippen LogP contribution in [0.3, 0.4) is 0 Å². The lowest BCUT2D eigenvalue weighted by molar-refractivity contribution is 0.218. The molecule has 0 spiro atoms. The van der Waals surface area contributed by atoms with Crippen LogP contribution in [0.4, 0.5) is 0 Å². The van der Waals surface area contributed by atoms with Crippen LogP contribution in [0.2, 0.25) is 0 Å². The molecule has 19 heavy (non-hydrogen) atoms. The van der Waals surface area contributed by atoms with Crippen molar-refractivity contribution in [2.45, 2.75) is 65.2 Å². The van der Waals surface area contributed by atoms with Gasteiger partial charge in [0.25, 0.3) is 0 Å². The quantitative estimate of drug-likeness (QED) is 0.246. The van der Waals surface area contributed by atoms with Crippen LogP contribution in [0.15, 0.2) is 36.6 Å². The summed E-state index contributed by atoms with van der Waals surface area (Å²) in [5, 5.41) is 0. The van der Waals surface area contributed by atoms with E-state index in [-0.39, 0.29) is 13.5 Å². The highest BCUT2D eigenvalue weighted by Crippen LogP contribution is 2.09. The summed E-state index contributed by atoms with van der Waals surface area (Å²) in [5.74, 6) is 0.737. The molecule has 1 nitrogen and oxygen atoms in total. The molecule has 0 N–H and O–H groups in total. The molecule has 0 amide bonds. The molecule has 112 valence electrons. The highest BCUT2D eigenvalue weighted by Gasteiger charge is 1.93. The topological polar surface area (TPSA) is 9.23 Å². The van der Waals surface area contributed by atoms with Crippen molar-refractivity contribution >= 4 is 13.5 Å². The molecule has 0 rings (SSSR count). The van der Waals surface area contributed by atoms with Gasteiger partial charge in [-0.2, -0.15) is 13.5 Å². The number of ether oxygens (including phenoxy) is 1. The first-order valence-electron chi connectivity index (χ1n) is 7.32. The standard InChI is InChI=1S/C17H30O.H2S/c1-5-6-7-8-9-10-11-12-15-18-17(4)14-13-16(2)3;/h13-14H,2,4-12,15H2,1,3H3;1H2/b14-13-;. The van der Waals surface area contributed by atoms with Crippen molar-refractivity contribution < 1.29 is 4.74 Å². The number of allylic oxidation sites excluding steroid dienone is 3. The van der Waals surface area contributed by atoms with Gasteiger partial charge in [0.2, 0.25) is 0 Å². The zero-order valence-corrected chi connectivity index (χ0v) is 13.8. The molecule has 0 aliphatic carbocycles. The Balaban J connectivity index is 0. The van der Waals surface area contributed by atoms with Gasteiger partial charge in [0.05, 0.1) is 6.61 Å². The molecule has 0 aliphatic rings. The van der Waals surface area contributed by atoms with Crippen molar-refractivity contribution in [1.29, 1.82) is 0 Å². The lowest BCUT2D eigenvalue weighted by atomic mass is 10.1. The van der Waals surface area contributed by atoms with E-state index in [1.807, 2.05) is 19.1 Å². The minimum Gasteiger partial charge on any atom is -0.494 e. The summed E-state index contributed by atoms with van der Waals surface area (Å²) in [5.41, 5.74) is 1.02. The lowest BCUT2D eigenvalue weighted by Crippen LogP contribution is -1.92. The summed E-state index contributed by atoms with van der Waals surface area (Å²) in [6.45, 7) is 12.6. The van der Waals surface area contributed by atoms with E-state index in [9.17, 15) is 0 Å². The molecule has 0 aromatic heterocycles. The van der Waals surface area contributed by atoms with Gasteiger partial charge in [0.1, 0.15) is 5.76 Å². The van der Waals surface area contributed by atoms with Gasteiger partial charge in [-0.1, -0.05) is 76.7 Å². The summed E-state index contributed by atoms with van der Waals surface area (Å²) in [4.78, 5) is 0. The average molecular weight is 285 g/mol. The van der Waals surface area contributed by atoms with E-state index in [0.717, 1.165) is 24.4 Å². The maximum atomic E-state index is 5.52. The Hall–Kier alpha value is -0.630. The Morgan fingerprint density at radius 1 is 0.895 bits per heavy atom. The monoisotopic (exact) mass is 284 g/mol. The van der Waals surface area contributed by atoms with Crippen molar-refractivity contribution in [2.24, 2.45) is 0 Å². The number of hydrogen-bond acceptors (Lipinski definition) is 1. The number of unbranched alkanes of at least 4 members (excludes halogenated alkanes) is 7. The van der Waals surface area contributed by atoms with Crippen molar-refractivity contribution in [3.05, 3.63) is 36.6 Å². The summed E-state index contributed by atoms with van der Waals surface area (Å²) in [6, 6.07) is 0. The molecule has 0 radical (unpaired) electrons. The van der Waals surface area contributed by atoms with E-state index in [0.29, 0.717) is 0 Å². The summed E-state index contributed by atoms with van der Waals surface area (Å²) < 4.78 is 5.52. The molecular weight excluding hydrogens is 252 g/mol. The van der Waals surface area contributed by atoms with Crippen LogP contribution >= 0.6 is 13.5 Å². The second-order valence-electron chi connectivity index (χ2n) is 4.97. The Morgan fingerprint density at radius 2 is 1.42 bits per heavy atom. The van der Waals surface area contributed by atoms with Gasteiger partial charge in [-0.15, -0.1) is 0 Å². The highest BCUT2D eigenvalue weighted by molar-refractivity contribution is 7.59. The molecular formula is C17H32OS. The van der Waals surface area contributed by atoms with Gasteiger partial charge in [-0.3, -0.25) is 0 Å². The van der Waals surface area contributed by atoms with Crippen LogP contribution in [-0.4, -0.2) is 6.61 Å². The first-order valence-corrected chi connectivity index (χ1v) is 7.32. The van der Waals surface area contributed by atoms with Gasteiger partial charge in [-0.25, -0.2) is 0 Å². The Kier molecular flexibility index (Phi) is 16.8. The van der Waals surface area contributed by atoms with E-state index in [1.165, 1.54) is 44.9 Å². The predicted molar refractivity (Wildman–Crippen MR) is 92.0 cm³/mol. The molecule has 0 heterocycles. The van der Waals surface area contributed by atoms with Crippen LogP contribution < -0.4 is 0 Å². The zero-order valence-electron chi connectivity index (χ0n) is 12.8. The van der Waals surface area contributed by atoms with Crippen molar-refractivity contribution in [2.75, 3.05) is 6.61 Å². The fraction of sp³-hybridized carbons (Fsp3) is 0.647.